The molecule has 1 aliphatic heterocycles. The largest absolute Gasteiger partial charge is 0.455 e. The molecule has 0 radical (unpaired) electrons. The van der Waals surface area contributed by atoms with Gasteiger partial charge < -0.3 is 15.2 Å². The van der Waals surface area contributed by atoms with E-state index in [1.165, 1.54) is 24.4 Å². The second-order valence-electron chi connectivity index (χ2n) is 5.47. The molecular weight excluding hydrogens is 356 g/mol. The number of non-ortho nitro benzene ring substituents is 1. The minimum atomic E-state index is -0.629. The highest BCUT2D eigenvalue weighted by atomic mass is 16.6. The van der Waals surface area contributed by atoms with Gasteiger partial charge in [0, 0.05) is 30.1 Å². The van der Waals surface area contributed by atoms with E-state index >= 15 is 0 Å². The monoisotopic (exact) mass is 370 g/mol. The fraction of sp³-hybridized carbons (Fsp3) is 0.118. The summed E-state index contributed by atoms with van der Waals surface area (Å²) in [6.45, 7) is -0.498. The Morgan fingerprint density at radius 1 is 1.26 bits per heavy atom. The number of carbonyl (C=O) groups excluding carboxylic acids is 2. The van der Waals surface area contributed by atoms with Crippen molar-refractivity contribution in [2.24, 2.45) is 0 Å². The van der Waals surface area contributed by atoms with Crippen LogP contribution in [0.4, 0.5) is 11.4 Å². The lowest BCUT2D eigenvalue weighted by molar-refractivity contribution is -0.384. The van der Waals surface area contributed by atoms with Crippen LogP contribution in [0.25, 0.3) is 0 Å². The quantitative estimate of drug-likeness (QED) is 0.425. The molecule has 1 aromatic carbocycles. The smallest absolute Gasteiger partial charge is 0.277 e. The number of aromatic nitrogens is 1. The topological polar surface area (TPSA) is 135 Å². The Morgan fingerprint density at radius 3 is 2.74 bits per heavy atom. The van der Waals surface area contributed by atoms with Gasteiger partial charge in [0.05, 0.1) is 30.3 Å². The Hall–Kier alpha value is -3.79. The predicted octanol–water partition coefficient (Wildman–Crippen LogP) is 1.44. The number of aliphatic hydroxyl groups is 1. The van der Waals surface area contributed by atoms with Crippen molar-refractivity contribution in [2.45, 2.75) is 0 Å². The van der Waals surface area contributed by atoms with Gasteiger partial charge in [0.1, 0.15) is 17.2 Å². The number of amides is 2. The molecule has 2 amide bonds. The molecule has 0 aliphatic carbocycles. The maximum atomic E-state index is 12.2. The second kappa shape index (κ2) is 7.62. The third-order valence-electron chi connectivity index (χ3n) is 3.58. The summed E-state index contributed by atoms with van der Waals surface area (Å²) in [4.78, 5) is 39.3. The molecule has 10 nitrogen and oxygen atoms in total. The molecule has 0 spiro atoms. The van der Waals surface area contributed by atoms with E-state index in [0.29, 0.717) is 5.75 Å². The molecule has 1 aromatic heterocycles. The highest BCUT2D eigenvalue weighted by Gasteiger charge is 2.30. The van der Waals surface area contributed by atoms with Gasteiger partial charge in [0.15, 0.2) is 0 Å². The van der Waals surface area contributed by atoms with Gasteiger partial charge in [-0.25, -0.2) is 0 Å². The van der Waals surface area contributed by atoms with Crippen LogP contribution in [-0.2, 0) is 9.59 Å². The number of rotatable bonds is 7. The Kier molecular flexibility index (Phi) is 5.08. The molecule has 0 saturated carbocycles. The number of imide groups is 1. The van der Waals surface area contributed by atoms with Crippen molar-refractivity contribution in [2.75, 3.05) is 18.5 Å². The lowest BCUT2D eigenvalue weighted by Crippen LogP contribution is -2.34. The number of β-amino-alcohol motifs (C(OH)–C–C–N with tert-alkyl or cyclic N) is 1. The zero-order chi connectivity index (χ0) is 19.4. The number of aliphatic hydroxyl groups excluding tert-OH is 1. The van der Waals surface area contributed by atoms with Crippen LogP contribution in [-0.4, -0.2) is 44.9 Å². The number of nitrogens with one attached hydrogen (secondary N) is 1. The van der Waals surface area contributed by atoms with Crippen molar-refractivity contribution in [3.05, 3.63) is 64.6 Å². The number of nitro benzene ring substituents is 1. The first kappa shape index (κ1) is 18.0. The van der Waals surface area contributed by atoms with Crippen LogP contribution in [0.5, 0.6) is 11.5 Å². The molecule has 138 valence electrons. The molecule has 3 rings (SSSR count). The summed E-state index contributed by atoms with van der Waals surface area (Å²) in [6.07, 6.45) is 4.07. The summed E-state index contributed by atoms with van der Waals surface area (Å²) in [5.74, 6) is -0.669. The molecule has 0 saturated heterocycles. The zero-order valence-corrected chi connectivity index (χ0v) is 13.9. The van der Waals surface area contributed by atoms with Gasteiger partial charge in [0.25, 0.3) is 17.5 Å². The van der Waals surface area contributed by atoms with Crippen LogP contribution in [0.3, 0.4) is 0 Å². The first-order valence-electron chi connectivity index (χ1n) is 7.80. The number of nitrogens with zero attached hydrogens (tertiary/aromatic N) is 3. The van der Waals surface area contributed by atoms with E-state index < -0.39 is 16.7 Å². The number of benzene rings is 1. The lowest BCUT2D eigenvalue weighted by Gasteiger charge is -2.14. The average Bonchev–Trinajstić information content (AvgIpc) is 2.90. The molecule has 2 N–H and O–H groups in total. The van der Waals surface area contributed by atoms with E-state index in [2.05, 4.69) is 10.3 Å². The van der Waals surface area contributed by atoms with Gasteiger partial charge in [0.2, 0.25) is 0 Å². The van der Waals surface area contributed by atoms with E-state index in [1.54, 1.807) is 18.3 Å². The van der Waals surface area contributed by atoms with Gasteiger partial charge in [-0.15, -0.1) is 0 Å². The Balaban J connectivity index is 1.87. The number of carbonyl (C=O) groups is 2. The van der Waals surface area contributed by atoms with Gasteiger partial charge in [-0.2, -0.15) is 0 Å². The Bertz CT molecular complexity index is 928. The minimum absolute atomic E-state index is 0.0544. The van der Waals surface area contributed by atoms with E-state index in [0.717, 1.165) is 11.0 Å². The van der Waals surface area contributed by atoms with Crippen molar-refractivity contribution in [3.8, 4) is 11.5 Å². The van der Waals surface area contributed by atoms with Crippen LogP contribution in [0.2, 0.25) is 0 Å². The summed E-state index contributed by atoms with van der Waals surface area (Å²) in [6, 6.07) is 7.17. The van der Waals surface area contributed by atoms with Crippen molar-refractivity contribution < 1.29 is 24.4 Å². The van der Waals surface area contributed by atoms with Crippen LogP contribution in [0.1, 0.15) is 0 Å². The summed E-state index contributed by atoms with van der Waals surface area (Å²) in [5, 5.41) is 22.8. The average molecular weight is 370 g/mol. The number of anilines is 1. The molecule has 0 bridgehead atoms. The van der Waals surface area contributed by atoms with Crippen molar-refractivity contribution >= 4 is 23.2 Å². The van der Waals surface area contributed by atoms with Gasteiger partial charge >= 0.3 is 0 Å². The molecule has 0 unspecified atom stereocenters. The molecule has 2 aromatic rings. The van der Waals surface area contributed by atoms with Crippen LogP contribution >= 0.6 is 0 Å². The number of ether oxygens (including phenoxy) is 1. The van der Waals surface area contributed by atoms with E-state index in [4.69, 9.17) is 9.84 Å². The first-order chi connectivity index (χ1) is 13.0. The standard InChI is InChI=1S/C17H14N4O6/c22-5-4-20-16(23)9-15(17(20)24)19-11-6-12(21(25)26)8-14(7-11)27-13-2-1-3-18-10-13/h1-3,6-10,19,22H,4-5H2. The van der Waals surface area contributed by atoms with Crippen LogP contribution in [0.15, 0.2) is 54.5 Å². The van der Waals surface area contributed by atoms with Gasteiger partial charge in [-0.05, 0) is 12.1 Å². The maximum Gasteiger partial charge on any atom is 0.277 e. The predicted molar refractivity (Wildman–Crippen MR) is 92.9 cm³/mol. The molecule has 0 atom stereocenters. The number of hydrogen-bond donors (Lipinski definition) is 2. The normalized spacial score (nSPS) is 13.5. The maximum absolute atomic E-state index is 12.2. The number of nitro groups is 1. The van der Waals surface area contributed by atoms with Crippen molar-refractivity contribution in [1.82, 2.24) is 9.88 Å². The van der Waals surface area contributed by atoms with Gasteiger partial charge in [-0.3, -0.25) is 29.6 Å². The summed E-state index contributed by atoms with van der Waals surface area (Å²) >= 11 is 0. The van der Waals surface area contributed by atoms with Crippen LogP contribution < -0.4 is 10.1 Å². The molecular formula is C17H14N4O6. The fourth-order valence-corrected chi connectivity index (χ4v) is 2.43. The summed E-state index contributed by atoms with van der Waals surface area (Å²) in [7, 11) is 0. The molecule has 0 fully saturated rings. The van der Waals surface area contributed by atoms with Crippen molar-refractivity contribution in [3.63, 3.8) is 0 Å². The second-order valence-corrected chi connectivity index (χ2v) is 5.47. The van der Waals surface area contributed by atoms with Crippen LogP contribution in [0, 0.1) is 10.1 Å². The third-order valence-corrected chi connectivity index (χ3v) is 3.58. The number of pyridine rings is 1. The first-order valence-corrected chi connectivity index (χ1v) is 7.80. The summed E-state index contributed by atoms with van der Waals surface area (Å²) in [5.41, 5.74) is -0.119. The Labute approximate surface area is 152 Å². The highest BCUT2D eigenvalue weighted by Crippen LogP contribution is 2.30. The zero-order valence-electron chi connectivity index (χ0n) is 13.9. The third kappa shape index (κ3) is 4.07. The van der Waals surface area contributed by atoms with E-state index in [9.17, 15) is 19.7 Å². The molecule has 27 heavy (non-hydrogen) atoms. The minimum Gasteiger partial charge on any atom is -0.455 e. The molecule has 10 heteroatoms. The highest BCUT2D eigenvalue weighted by molar-refractivity contribution is 6.17. The summed E-state index contributed by atoms with van der Waals surface area (Å²) < 4.78 is 5.56. The molecule has 2 heterocycles. The lowest BCUT2D eigenvalue weighted by atomic mass is 10.2. The SMILES string of the molecule is O=C1C=C(Nc2cc(Oc3cccnc3)cc([N+](=O)[O-])c2)C(=O)N1CCO. The van der Waals surface area contributed by atoms with Gasteiger partial charge in [-0.1, -0.05) is 0 Å². The van der Waals surface area contributed by atoms with Crippen molar-refractivity contribution in [1.29, 1.82) is 0 Å². The Morgan fingerprint density at radius 2 is 2.07 bits per heavy atom. The number of hydrogen-bond acceptors (Lipinski definition) is 8. The van der Waals surface area contributed by atoms with E-state index in [1.807, 2.05) is 0 Å². The van der Waals surface area contributed by atoms with E-state index in [-0.39, 0.29) is 36.0 Å². The molecule has 1 aliphatic rings. The fourth-order valence-electron chi connectivity index (χ4n) is 2.43.